The number of benzene rings is 2. The second kappa shape index (κ2) is 4.51. The highest BCUT2D eigenvalue weighted by atomic mass is 35.5. The lowest BCUT2D eigenvalue weighted by Gasteiger charge is -2.09. The van der Waals surface area contributed by atoms with E-state index in [9.17, 15) is 4.39 Å². The van der Waals surface area contributed by atoms with Gasteiger partial charge in [-0.05, 0) is 30.3 Å². The minimum absolute atomic E-state index is 0.163. The number of imidazole rings is 1. The molecule has 4 nitrogen and oxygen atoms in total. The maximum Gasteiger partial charge on any atom is 0.206 e. The lowest BCUT2D eigenvalue weighted by Crippen LogP contribution is -2.03. The van der Waals surface area contributed by atoms with Crippen LogP contribution in [-0.2, 0) is 0 Å². The monoisotopic (exact) mass is 286 g/mol. The molecule has 2 aromatic carbocycles. The number of hydrogen-bond donors (Lipinski definition) is 1. The van der Waals surface area contributed by atoms with Crippen LogP contribution in [0, 0.1) is 17.1 Å². The summed E-state index contributed by atoms with van der Waals surface area (Å²) in [4.78, 5) is 4.20. The Morgan fingerprint density at radius 1 is 1.30 bits per heavy atom. The number of fused-ring (bicyclic) bond motifs is 1. The lowest BCUT2D eigenvalue weighted by atomic mass is 10.2. The van der Waals surface area contributed by atoms with Crippen LogP contribution in [0.3, 0.4) is 0 Å². The molecule has 0 saturated heterocycles. The SMILES string of the molecule is N#Cc1cc(F)ccc1-n1c(N)nc2cccc(Cl)c21. The maximum atomic E-state index is 13.2. The molecule has 0 radical (unpaired) electrons. The molecule has 0 amide bonds. The van der Waals surface area contributed by atoms with Crippen molar-refractivity contribution in [1.29, 1.82) is 5.26 Å². The third-order valence-electron chi connectivity index (χ3n) is 2.97. The van der Waals surface area contributed by atoms with Gasteiger partial charge in [0.05, 0.1) is 27.3 Å². The Morgan fingerprint density at radius 3 is 2.85 bits per heavy atom. The second-order valence-corrected chi connectivity index (χ2v) is 4.59. The minimum Gasteiger partial charge on any atom is -0.369 e. The molecule has 3 aromatic rings. The Hall–Kier alpha value is -2.58. The van der Waals surface area contributed by atoms with E-state index in [1.165, 1.54) is 12.1 Å². The van der Waals surface area contributed by atoms with Gasteiger partial charge in [-0.15, -0.1) is 0 Å². The van der Waals surface area contributed by atoms with Crippen molar-refractivity contribution in [2.75, 3.05) is 5.73 Å². The Labute approximate surface area is 118 Å². The van der Waals surface area contributed by atoms with Gasteiger partial charge in [0.1, 0.15) is 11.9 Å². The number of nitrogens with two attached hydrogens (primary N) is 1. The minimum atomic E-state index is -0.487. The molecule has 0 unspecified atom stereocenters. The summed E-state index contributed by atoms with van der Waals surface area (Å²) in [6.07, 6.45) is 0. The first-order valence-electron chi connectivity index (χ1n) is 5.74. The number of hydrogen-bond acceptors (Lipinski definition) is 3. The van der Waals surface area contributed by atoms with Gasteiger partial charge in [-0.1, -0.05) is 17.7 Å². The normalized spacial score (nSPS) is 10.7. The molecular formula is C14H8ClFN4. The topological polar surface area (TPSA) is 67.6 Å². The lowest BCUT2D eigenvalue weighted by molar-refractivity contribution is 0.627. The Bertz CT molecular complexity index is 863. The van der Waals surface area contributed by atoms with Crippen molar-refractivity contribution < 1.29 is 4.39 Å². The van der Waals surface area contributed by atoms with Crippen LogP contribution >= 0.6 is 11.6 Å². The smallest absolute Gasteiger partial charge is 0.206 e. The van der Waals surface area contributed by atoms with E-state index in [0.29, 0.717) is 21.7 Å². The van der Waals surface area contributed by atoms with Crippen LogP contribution in [-0.4, -0.2) is 9.55 Å². The van der Waals surface area contributed by atoms with Gasteiger partial charge >= 0.3 is 0 Å². The molecule has 6 heteroatoms. The van der Waals surface area contributed by atoms with Crippen molar-refractivity contribution in [2.45, 2.75) is 0 Å². The number of rotatable bonds is 1. The van der Waals surface area contributed by atoms with E-state index in [0.717, 1.165) is 6.07 Å². The summed E-state index contributed by atoms with van der Waals surface area (Å²) >= 11 is 6.18. The number of nitrogens with zero attached hydrogens (tertiary/aromatic N) is 3. The van der Waals surface area contributed by atoms with Crippen LogP contribution in [0.2, 0.25) is 5.02 Å². The van der Waals surface area contributed by atoms with Crippen LogP contribution in [0.5, 0.6) is 0 Å². The van der Waals surface area contributed by atoms with Gasteiger partial charge in [0.2, 0.25) is 5.95 Å². The third-order valence-corrected chi connectivity index (χ3v) is 3.28. The summed E-state index contributed by atoms with van der Waals surface area (Å²) in [6.45, 7) is 0. The summed E-state index contributed by atoms with van der Waals surface area (Å²) in [5.74, 6) is -0.296. The number of nitrogen functional groups attached to an aromatic ring is 1. The predicted molar refractivity (Wildman–Crippen MR) is 75.2 cm³/mol. The average molecular weight is 287 g/mol. The molecule has 0 spiro atoms. The van der Waals surface area contributed by atoms with Gasteiger partial charge in [0.15, 0.2) is 0 Å². The molecule has 20 heavy (non-hydrogen) atoms. The van der Waals surface area contributed by atoms with E-state index < -0.39 is 5.82 Å². The molecule has 1 heterocycles. The Morgan fingerprint density at radius 2 is 2.10 bits per heavy atom. The third kappa shape index (κ3) is 1.78. The fourth-order valence-corrected chi connectivity index (χ4v) is 2.39. The van der Waals surface area contributed by atoms with Crippen molar-refractivity contribution in [3.05, 3.63) is 52.8 Å². The van der Waals surface area contributed by atoms with E-state index >= 15 is 0 Å². The first-order chi connectivity index (χ1) is 9.61. The van der Waals surface area contributed by atoms with E-state index in [2.05, 4.69) is 4.98 Å². The predicted octanol–water partition coefficient (Wildman–Crippen LogP) is 3.27. The van der Waals surface area contributed by atoms with E-state index in [-0.39, 0.29) is 11.5 Å². The zero-order valence-electron chi connectivity index (χ0n) is 10.1. The molecular weight excluding hydrogens is 279 g/mol. The van der Waals surface area contributed by atoms with Crippen LogP contribution in [0.15, 0.2) is 36.4 Å². The Balaban J connectivity index is 2.42. The molecule has 1 aromatic heterocycles. The standard InChI is InChI=1S/C14H8ClFN4/c15-10-2-1-3-11-13(10)20(14(18)19-11)12-5-4-9(16)6-8(12)7-17/h1-6H,(H2,18,19). The summed E-state index contributed by atoms with van der Waals surface area (Å²) in [5.41, 5.74) is 7.72. The Kier molecular flexibility index (Phi) is 2.81. The summed E-state index contributed by atoms with van der Waals surface area (Å²) in [6, 6.07) is 11.1. The van der Waals surface area contributed by atoms with Gasteiger partial charge in [-0.25, -0.2) is 9.37 Å². The first kappa shape index (κ1) is 12.5. The molecule has 3 rings (SSSR count). The molecule has 0 fully saturated rings. The molecule has 0 aliphatic rings. The number of halogens is 2. The van der Waals surface area contributed by atoms with Gasteiger partial charge in [-0.3, -0.25) is 4.57 Å². The van der Waals surface area contributed by atoms with Crippen LogP contribution in [0.25, 0.3) is 16.7 Å². The number of nitriles is 1. The average Bonchev–Trinajstić information content (AvgIpc) is 2.76. The number of anilines is 1. The van der Waals surface area contributed by atoms with Crippen molar-refractivity contribution in [3.8, 4) is 11.8 Å². The van der Waals surface area contributed by atoms with Crippen molar-refractivity contribution in [2.24, 2.45) is 0 Å². The molecule has 0 aliphatic heterocycles. The van der Waals surface area contributed by atoms with Gasteiger partial charge in [0, 0.05) is 0 Å². The van der Waals surface area contributed by atoms with Crippen molar-refractivity contribution in [1.82, 2.24) is 9.55 Å². The van der Waals surface area contributed by atoms with Crippen molar-refractivity contribution in [3.63, 3.8) is 0 Å². The second-order valence-electron chi connectivity index (χ2n) is 4.19. The van der Waals surface area contributed by atoms with E-state index in [1.54, 1.807) is 22.8 Å². The van der Waals surface area contributed by atoms with Gasteiger partial charge in [0.25, 0.3) is 0 Å². The molecule has 98 valence electrons. The zero-order chi connectivity index (χ0) is 14.3. The molecule has 0 aliphatic carbocycles. The summed E-state index contributed by atoms with van der Waals surface area (Å²) in [7, 11) is 0. The van der Waals surface area contributed by atoms with E-state index in [4.69, 9.17) is 22.6 Å². The number of aromatic nitrogens is 2. The maximum absolute atomic E-state index is 13.2. The van der Waals surface area contributed by atoms with Crippen LogP contribution in [0.1, 0.15) is 5.56 Å². The fourth-order valence-electron chi connectivity index (χ4n) is 2.14. The van der Waals surface area contributed by atoms with Crippen molar-refractivity contribution >= 4 is 28.6 Å². The highest BCUT2D eigenvalue weighted by Crippen LogP contribution is 2.30. The molecule has 0 atom stereocenters. The van der Waals surface area contributed by atoms with Crippen LogP contribution in [0.4, 0.5) is 10.3 Å². The van der Waals surface area contributed by atoms with Gasteiger partial charge < -0.3 is 5.73 Å². The van der Waals surface area contributed by atoms with Gasteiger partial charge in [-0.2, -0.15) is 5.26 Å². The highest BCUT2D eigenvalue weighted by molar-refractivity contribution is 6.35. The summed E-state index contributed by atoms with van der Waals surface area (Å²) < 4.78 is 14.8. The fraction of sp³-hybridized carbons (Fsp3) is 0. The number of para-hydroxylation sites is 1. The highest BCUT2D eigenvalue weighted by Gasteiger charge is 2.15. The molecule has 0 bridgehead atoms. The van der Waals surface area contributed by atoms with Crippen LogP contribution < -0.4 is 5.73 Å². The molecule has 2 N–H and O–H groups in total. The first-order valence-corrected chi connectivity index (χ1v) is 6.12. The quantitative estimate of drug-likeness (QED) is 0.746. The largest absolute Gasteiger partial charge is 0.369 e. The van der Waals surface area contributed by atoms with E-state index in [1.807, 2.05) is 6.07 Å². The molecule has 0 saturated carbocycles. The summed E-state index contributed by atoms with van der Waals surface area (Å²) in [5, 5.41) is 9.61. The zero-order valence-corrected chi connectivity index (χ0v) is 10.9.